The van der Waals surface area contributed by atoms with Crippen molar-refractivity contribution in [1.82, 2.24) is 20.6 Å². The maximum Gasteiger partial charge on any atom is 0.270 e. The summed E-state index contributed by atoms with van der Waals surface area (Å²) in [5.41, 5.74) is 2.73. The molecule has 2 aromatic heterocycles. The van der Waals surface area contributed by atoms with Crippen LogP contribution >= 0.6 is 62.7 Å². The molecule has 1 aliphatic rings. The fourth-order valence-electron chi connectivity index (χ4n) is 5.27. The summed E-state index contributed by atoms with van der Waals surface area (Å²) in [7, 11) is -0.607. The minimum absolute atomic E-state index is 0.0481. The van der Waals surface area contributed by atoms with Gasteiger partial charge in [0.25, 0.3) is 5.91 Å². The lowest BCUT2D eigenvalue weighted by Crippen LogP contribution is -2.32. The number of aromatic nitrogens is 2. The van der Waals surface area contributed by atoms with Crippen LogP contribution in [0.5, 0.6) is 5.75 Å². The average molecular weight is 800 g/mol. The molecule has 0 aliphatic carbocycles. The minimum Gasteiger partial charge on any atom is -0.507 e. The third-order valence-electron chi connectivity index (χ3n) is 7.46. The molecule has 1 unspecified atom stereocenters. The smallest absolute Gasteiger partial charge is 0.270 e. The van der Waals surface area contributed by atoms with Crippen molar-refractivity contribution >= 4 is 96.9 Å². The second kappa shape index (κ2) is 15.0. The van der Waals surface area contributed by atoms with Gasteiger partial charge in [-0.1, -0.05) is 24.3 Å². The number of anilines is 1. The topological polar surface area (TPSA) is 125 Å². The molecule has 1 aliphatic heterocycles. The van der Waals surface area contributed by atoms with E-state index >= 15 is 0 Å². The quantitative estimate of drug-likeness (QED) is 0.0810. The van der Waals surface area contributed by atoms with Gasteiger partial charge in [-0.2, -0.15) is 7.20 Å². The number of hydrogen-bond donors (Lipinski definition) is 3. The van der Waals surface area contributed by atoms with Crippen LogP contribution in [-0.4, -0.2) is 76.6 Å². The van der Waals surface area contributed by atoms with Gasteiger partial charge in [-0.05, 0) is 56.8 Å². The highest BCUT2D eigenvalue weighted by Gasteiger charge is 2.34. The maximum absolute atomic E-state index is 13.2. The van der Waals surface area contributed by atoms with Gasteiger partial charge >= 0.3 is 0 Å². The molecule has 2 aromatic carbocycles. The van der Waals surface area contributed by atoms with E-state index in [4.69, 9.17) is 11.6 Å². The van der Waals surface area contributed by atoms with Crippen LogP contribution in [0.1, 0.15) is 46.2 Å². The van der Waals surface area contributed by atoms with E-state index < -0.39 is 7.20 Å². The number of nitrogens with one attached hydrogen (secondary N) is 2. The first-order valence-corrected chi connectivity index (χ1v) is 22.0. The predicted molar refractivity (Wildman–Crippen MR) is 196 cm³/mol. The van der Waals surface area contributed by atoms with Gasteiger partial charge in [0, 0.05) is 72.9 Å². The normalized spacial score (nSPS) is 14.8. The number of alkyl halides is 1. The summed E-state index contributed by atoms with van der Waals surface area (Å²) < 4.78 is 0. The van der Waals surface area contributed by atoms with Crippen LogP contribution in [0.3, 0.4) is 0 Å². The van der Waals surface area contributed by atoms with Crippen LogP contribution in [0.15, 0.2) is 41.1 Å². The number of carbonyl (C=O) groups excluding carboxylic acids is 3. The third-order valence-corrected chi connectivity index (χ3v) is 12.2. The van der Waals surface area contributed by atoms with E-state index in [0.717, 1.165) is 33.5 Å². The summed E-state index contributed by atoms with van der Waals surface area (Å²) in [4.78, 5) is 49.0. The van der Waals surface area contributed by atoms with E-state index in [1.54, 1.807) is 16.3 Å². The highest BCUT2D eigenvalue weighted by Crippen LogP contribution is 2.49. The van der Waals surface area contributed by atoms with Crippen LogP contribution < -0.4 is 15.5 Å². The molecule has 0 spiro atoms. The Morgan fingerprint density at radius 1 is 1.09 bits per heavy atom. The Morgan fingerprint density at radius 2 is 1.87 bits per heavy atom. The molecule has 240 valence electrons. The fraction of sp³-hybridized carbons (Fsp3) is 0.387. The standard InChI is InChI=1S/C31H35ClIN5O4S3/c1-45(2,33)13-5-11-35-30(42)22-17-44-31(37-22)23-18-43-27(36-23)10-12-34-26(40)8-9-28(41)38-16-19(15-32)29-21-7-4-3-6-20(21)25(39)14-24(29)38/h3-4,6-7,14,17-19,39H,5,8-13,15-16H2,1-2H3,(H,34,40)(H,35,42). The lowest BCUT2D eigenvalue weighted by atomic mass is 9.95. The second-order valence-electron chi connectivity index (χ2n) is 11.2. The number of phenols is 1. The van der Waals surface area contributed by atoms with Crippen LogP contribution in [0.25, 0.3) is 21.5 Å². The van der Waals surface area contributed by atoms with Gasteiger partial charge in [-0.25, -0.2) is 9.97 Å². The Hall–Kier alpha value is -2.46. The van der Waals surface area contributed by atoms with Crippen LogP contribution in [0.4, 0.5) is 5.69 Å². The first kappa shape index (κ1) is 33.9. The Kier molecular flexibility index (Phi) is 11.3. The fourth-order valence-corrected chi connectivity index (χ4v) is 8.90. The van der Waals surface area contributed by atoms with E-state index in [1.807, 2.05) is 29.6 Å². The van der Waals surface area contributed by atoms with E-state index in [2.05, 4.69) is 54.3 Å². The Labute approximate surface area is 289 Å². The van der Waals surface area contributed by atoms with Crippen LogP contribution in [0.2, 0.25) is 0 Å². The summed E-state index contributed by atoms with van der Waals surface area (Å²) in [6.07, 6.45) is 6.10. The highest BCUT2D eigenvalue weighted by molar-refractivity contribution is 14.2. The van der Waals surface area contributed by atoms with Gasteiger partial charge in [0.2, 0.25) is 11.8 Å². The average Bonchev–Trinajstić information content (AvgIpc) is 3.76. The Balaban J connectivity index is 1.08. The van der Waals surface area contributed by atoms with Gasteiger partial charge in [-0.15, -0.1) is 34.3 Å². The Bertz CT molecular complexity index is 1710. The first-order chi connectivity index (χ1) is 21.5. The number of carbonyl (C=O) groups is 3. The molecule has 5 rings (SSSR count). The molecular weight excluding hydrogens is 765 g/mol. The predicted octanol–water partition coefficient (Wildman–Crippen LogP) is 6.47. The SMILES string of the molecule is CS(C)(I)CCCNC(=O)c1csc(-c2csc(CCNC(=O)CCC(=O)N3CC(CCl)c4c3cc(O)c3ccccc43)n2)n1. The zero-order chi connectivity index (χ0) is 32.1. The van der Waals surface area contributed by atoms with E-state index in [9.17, 15) is 19.5 Å². The molecule has 3 N–H and O–H groups in total. The van der Waals surface area contributed by atoms with Gasteiger partial charge < -0.3 is 20.6 Å². The van der Waals surface area contributed by atoms with Crippen molar-refractivity contribution in [3.63, 3.8) is 0 Å². The number of thiazole rings is 2. The molecule has 1 atom stereocenters. The number of hydrogen-bond acceptors (Lipinski definition) is 8. The Morgan fingerprint density at radius 3 is 2.62 bits per heavy atom. The largest absolute Gasteiger partial charge is 0.507 e. The molecule has 3 amide bonds. The van der Waals surface area contributed by atoms with E-state index in [-0.39, 0.29) is 42.2 Å². The van der Waals surface area contributed by atoms with E-state index in [0.29, 0.717) is 54.0 Å². The zero-order valence-corrected chi connectivity index (χ0v) is 30.3. The van der Waals surface area contributed by atoms with Gasteiger partial charge in [0.1, 0.15) is 22.1 Å². The number of fused-ring (bicyclic) bond motifs is 3. The minimum atomic E-state index is -0.607. The summed E-state index contributed by atoms with van der Waals surface area (Å²) in [6.45, 7) is 1.44. The molecule has 3 heterocycles. The van der Waals surface area contributed by atoms with Crippen LogP contribution in [0, 0.1) is 0 Å². The summed E-state index contributed by atoms with van der Waals surface area (Å²) in [5.74, 6) is 0.948. The number of phenolic OH excluding ortho intramolecular Hbond substituents is 1. The van der Waals surface area contributed by atoms with Crippen molar-refractivity contribution in [3.8, 4) is 16.5 Å². The molecule has 0 bridgehead atoms. The van der Waals surface area contributed by atoms with Gasteiger partial charge in [0.15, 0.2) is 0 Å². The zero-order valence-electron chi connectivity index (χ0n) is 25.0. The number of amides is 3. The lowest BCUT2D eigenvalue weighted by molar-refractivity contribution is -0.125. The van der Waals surface area contributed by atoms with Crippen molar-refractivity contribution in [2.75, 3.05) is 48.7 Å². The van der Waals surface area contributed by atoms with Crippen LogP contribution in [-0.2, 0) is 16.0 Å². The van der Waals surface area contributed by atoms with Crippen molar-refractivity contribution in [2.45, 2.75) is 31.6 Å². The number of nitrogens with zero attached hydrogens (tertiary/aromatic N) is 3. The van der Waals surface area contributed by atoms with E-state index in [1.165, 1.54) is 22.7 Å². The summed E-state index contributed by atoms with van der Waals surface area (Å²) in [6, 6.07) is 9.18. The number of rotatable bonds is 13. The molecule has 14 heteroatoms. The first-order valence-electron chi connectivity index (χ1n) is 14.5. The van der Waals surface area contributed by atoms with Crippen molar-refractivity contribution in [2.24, 2.45) is 0 Å². The number of aromatic hydroxyl groups is 1. The second-order valence-corrected chi connectivity index (χ2v) is 23.7. The van der Waals surface area contributed by atoms with Crippen molar-refractivity contribution in [1.29, 1.82) is 0 Å². The van der Waals surface area contributed by atoms with Gasteiger partial charge in [0.05, 0.1) is 10.7 Å². The maximum atomic E-state index is 13.2. The summed E-state index contributed by atoms with van der Waals surface area (Å²) in [5, 5.41) is 23.2. The molecule has 0 saturated carbocycles. The summed E-state index contributed by atoms with van der Waals surface area (Å²) >= 11 is 11.6. The molecule has 9 nitrogen and oxygen atoms in total. The third kappa shape index (κ3) is 8.47. The molecule has 0 radical (unpaired) electrons. The number of benzene rings is 2. The molecular formula is C31H35ClIN5O4S3. The van der Waals surface area contributed by atoms with Crippen molar-refractivity contribution in [3.05, 3.63) is 57.4 Å². The molecule has 0 fully saturated rings. The highest BCUT2D eigenvalue weighted by atomic mass is 127. The number of halogens is 2. The van der Waals surface area contributed by atoms with Gasteiger partial charge in [-0.3, -0.25) is 14.4 Å². The van der Waals surface area contributed by atoms with Crippen molar-refractivity contribution < 1.29 is 19.5 Å². The molecule has 4 aromatic rings. The molecule has 45 heavy (non-hydrogen) atoms. The monoisotopic (exact) mass is 799 g/mol. The molecule has 0 saturated heterocycles. The lowest BCUT2D eigenvalue weighted by Gasteiger charge is -2.21.